The lowest BCUT2D eigenvalue weighted by Crippen LogP contribution is -2.32. The molecule has 31 heavy (non-hydrogen) atoms. The number of hydrogen-bond donors (Lipinski definition) is 0. The van der Waals surface area contributed by atoms with Gasteiger partial charge in [0.25, 0.3) is 5.91 Å². The topological polar surface area (TPSA) is 72.1 Å². The molecule has 0 bridgehead atoms. The SMILES string of the molecule is Cc1cccc(-c2nnc(-c3ccc(C(=O)N(Cc4cccnc4)C4CC4)cc3)o2)c1. The number of carbonyl (C=O) groups excluding carboxylic acids is 1. The highest BCUT2D eigenvalue weighted by Crippen LogP contribution is 2.30. The van der Waals surface area contributed by atoms with Crippen LogP contribution < -0.4 is 0 Å². The van der Waals surface area contributed by atoms with Gasteiger partial charge in [-0.3, -0.25) is 9.78 Å². The van der Waals surface area contributed by atoms with Crippen molar-refractivity contribution in [3.05, 3.63) is 89.7 Å². The van der Waals surface area contributed by atoms with Crippen molar-refractivity contribution in [2.24, 2.45) is 0 Å². The van der Waals surface area contributed by atoms with E-state index in [9.17, 15) is 4.79 Å². The molecular formula is C25H22N4O2. The van der Waals surface area contributed by atoms with E-state index in [1.165, 1.54) is 0 Å². The molecule has 0 unspecified atom stereocenters. The summed E-state index contributed by atoms with van der Waals surface area (Å²) >= 11 is 0. The van der Waals surface area contributed by atoms with Gasteiger partial charge in [-0.15, -0.1) is 10.2 Å². The van der Waals surface area contributed by atoms with Gasteiger partial charge < -0.3 is 9.32 Å². The first-order chi connectivity index (χ1) is 15.2. The maximum Gasteiger partial charge on any atom is 0.254 e. The fourth-order valence-electron chi connectivity index (χ4n) is 3.60. The third-order valence-corrected chi connectivity index (χ3v) is 5.39. The molecule has 0 atom stereocenters. The maximum atomic E-state index is 13.2. The Balaban J connectivity index is 1.34. The third kappa shape index (κ3) is 4.23. The normalized spacial score (nSPS) is 13.2. The summed E-state index contributed by atoms with van der Waals surface area (Å²) in [5.74, 6) is 0.948. The number of nitrogens with zero attached hydrogens (tertiary/aromatic N) is 4. The van der Waals surface area contributed by atoms with Crippen LogP contribution in [0.3, 0.4) is 0 Å². The monoisotopic (exact) mass is 410 g/mol. The first-order valence-corrected chi connectivity index (χ1v) is 10.4. The molecule has 0 saturated heterocycles. The third-order valence-electron chi connectivity index (χ3n) is 5.39. The lowest BCUT2D eigenvalue weighted by Gasteiger charge is -2.22. The minimum atomic E-state index is 0.0314. The molecule has 2 aromatic heterocycles. The molecule has 5 rings (SSSR count). The largest absolute Gasteiger partial charge is 0.416 e. The zero-order valence-corrected chi connectivity index (χ0v) is 17.2. The van der Waals surface area contributed by atoms with E-state index in [1.807, 2.05) is 78.7 Å². The lowest BCUT2D eigenvalue weighted by molar-refractivity contribution is 0.0730. The number of aromatic nitrogens is 3. The lowest BCUT2D eigenvalue weighted by atomic mass is 10.1. The predicted molar refractivity (Wildman–Crippen MR) is 117 cm³/mol. The summed E-state index contributed by atoms with van der Waals surface area (Å²) in [6.07, 6.45) is 5.65. The molecule has 0 N–H and O–H groups in total. The molecule has 1 saturated carbocycles. The van der Waals surface area contributed by atoms with Crippen molar-refractivity contribution < 1.29 is 9.21 Å². The average Bonchev–Trinajstić information content (AvgIpc) is 3.53. The molecule has 4 aromatic rings. The maximum absolute atomic E-state index is 13.2. The highest BCUT2D eigenvalue weighted by Gasteiger charge is 2.33. The van der Waals surface area contributed by atoms with Crippen molar-refractivity contribution in [3.8, 4) is 22.9 Å². The van der Waals surface area contributed by atoms with Crippen LogP contribution in [0.1, 0.15) is 34.3 Å². The summed E-state index contributed by atoms with van der Waals surface area (Å²) in [7, 11) is 0. The van der Waals surface area contributed by atoms with Crippen molar-refractivity contribution in [3.63, 3.8) is 0 Å². The highest BCUT2D eigenvalue weighted by molar-refractivity contribution is 5.95. The fourth-order valence-corrected chi connectivity index (χ4v) is 3.60. The Morgan fingerprint density at radius 1 is 1.00 bits per heavy atom. The summed E-state index contributed by atoms with van der Waals surface area (Å²) < 4.78 is 5.86. The molecule has 1 fully saturated rings. The molecule has 6 nitrogen and oxygen atoms in total. The Labute approximate surface area is 180 Å². The van der Waals surface area contributed by atoms with E-state index >= 15 is 0 Å². The number of carbonyl (C=O) groups is 1. The smallest absolute Gasteiger partial charge is 0.254 e. The number of amides is 1. The number of hydrogen-bond acceptors (Lipinski definition) is 5. The van der Waals surface area contributed by atoms with E-state index in [0.29, 0.717) is 29.9 Å². The van der Waals surface area contributed by atoms with E-state index in [-0.39, 0.29) is 5.91 Å². The molecule has 1 amide bonds. The number of pyridine rings is 1. The molecule has 154 valence electrons. The fraction of sp³-hybridized carbons (Fsp3) is 0.200. The summed E-state index contributed by atoms with van der Waals surface area (Å²) in [5.41, 5.74) is 4.49. The second kappa shape index (κ2) is 8.14. The molecule has 2 aromatic carbocycles. The Bertz CT molecular complexity index is 1200. The van der Waals surface area contributed by atoms with Gasteiger partial charge in [0.1, 0.15) is 0 Å². The molecule has 1 aliphatic rings. The highest BCUT2D eigenvalue weighted by atomic mass is 16.4. The van der Waals surface area contributed by atoms with Gasteiger partial charge in [0.05, 0.1) is 0 Å². The van der Waals surface area contributed by atoms with Crippen LogP contribution in [0.15, 0.2) is 77.5 Å². The van der Waals surface area contributed by atoms with Gasteiger partial charge in [0, 0.05) is 41.7 Å². The summed E-state index contributed by atoms with van der Waals surface area (Å²) in [6.45, 7) is 2.60. The van der Waals surface area contributed by atoms with Crippen molar-refractivity contribution in [2.45, 2.75) is 32.4 Å². The van der Waals surface area contributed by atoms with E-state index in [4.69, 9.17) is 4.42 Å². The van der Waals surface area contributed by atoms with Crippen LogP contribution in [0.25, 0.3) is 22.9 Å². The first-order valence-electron chi connectivity index (χ1n) is 10.4. The van der Waals surface area contributed by atoms with Gasteiger partial charge >= 0.3 is 0 Å². The van der Waals surface area contributed by atoms with Gasteiger partial charge in [-0.05, 0) is 67.8 Å². The van der Waals surface area contributed by atoms with E-state index in [2.05, 4.69) is 15.2 Å². The summed E-state index contributed by atoms with van der Waals surface area (Å²) in [5, 5.41) is 8.35. The van der Waals surface area contributed by atoms with Crippen molar-refractivity contribution in [2.75, 3.05) is 0 Å². The molecule has 0 spiro atoms. The summed E-state index contributed by atoms with van der Waals surface area (Å²) in [4.78, 5) is 19.3. The molecule has 2 heterocycles. The van der Waals surface area contributed by atoms with Crippen LogP contribution in [0.4, 0.5) is 0 Å². The molecular weight excluding hydrogens is 388 g/mol. The zero-order valence-electron chi connectivity index (χ0n) is 17.2. The van der Waals surface area contributed by atoms with Crippen molar-refractivity contribution in [1.29, 1.82) is 0 Å². The minimum absolute atomic E-state index is 0.0314. The summed E-state index contributed by atoms with van der Waals surface area (Å²) in [6, 6.07) is 19.5. The van der Waals surface area contributed by atoms with Gasteiger partial charge in [-0.2, -0.15) is 0 Å². The predicted octanol–water partition coefficient (Wildman–Crippen LogP) is 4.91. The van der Waals surface area contributed by atoms with Crippen LogP contribution in [-0.4, -0.2) is 32.0 Å². The van der Waals surface area contributed by atoms with Crippen LogP contribution >= 0.6 is 0 Å². The number of benzene rings is 2. The van der Waals surface area contributed by atoms with Crippen LogP contribution in [0, 0.1) is 6.92 Å². The second-order valence-corrected chi connectivity index (χ2v) is 7.88. The van der Waals surface area contributed by atoms with Gasteiger partial charge in [-0.25, -0.2) is 0 Å². The quantitative estimate of drug-likeness (QED) is 0.451. The van der Waals surface area contributed by atoms with Crippen molar-refractivity contribution in [1.82, 2.24) is 20.1 Å². The van der Waals surface area contributed by atoms with Crippen molar-refractivity contribution >= 4 is 5.91 Å². The van der Waals surface area contributed by atoms with E-state index in [0.717, 1.165) is 35.1 Å². The van der Waals surface area contributed by atoms with E-state index in [1.54, 1.807) is 6.20 Å². The number of rotatable bonds is 6. The standard InChI is InChI=1S/C25H22N4O2/c1-17-4-2-6-21(14-17)24-28-27-23(31-24)19-7-9-20(10-8-19)25(30)29(22-11-12-22)16-18-5-3-13-26-15-18/h2-10,13-15,22H,11-12,16H2,1H3. The Morgan fingerprint density at radius 2 is 1.77 bits per heavy atom. The molecule has 1 aliphatic carbocycles. The molecule has 0 radical (unpaired) electrons. The Kier molecular flexibility index (Phi) is 5.04. The number of aryl methyl sites for hydroxylation is 1. The average molecular weight is 410 g/mol. The zero-order chi connectivity index (χ0) is 21.2. The molecule has 6 heteroatoms. The second-order valence-electron chi connectivity index (χ2n) is 7.88. The van der Waals surface area contributed by atoms with E-state index < -0.39 is 0 Å². The van der Waals surface area contributed by atoms with Crippen LogP contribution in [0.5, 0.6) is 0 Å². The Morgan fingerprint density at radius 3 is 2.45 bits per heavy atom. The Hall–Kier alpha value is -3.80. The minimum Gasteiger partial charge on any atom is -0.416 e. The van der Waals surface area contributed by atoms with Gasteiger partial charge in [-0.1, -0.05) is 23.8 Å². The van der Waals surface area contributed by atoms with Gasteiger partial charge in [0.2, 0.25) is 11.8 Å². The first kappa shape index (κ1) is 19.2. The van der Waals surface area contributed by atoms with Gasteiger partial charge in [0.15, 0.2) is 0 Å². The van der Waals surface area contributed by atoms with Crippen LogP contribution in [0.2, 0.25) is 0 Å². The molecule has 0 aliphatic heterocycles. The van der Waals surface area contributed by atoms with Crippen LogP contribution in [-0.2, 0) is 6.54 Å².